The maximum absolute atomic E-state index is 12.5. The molecule has 448 valence electrons. The lowest BCUT2D eigenvalue weighted by molar-refractivity contribution is -0.123. The van der Waals surface area contributed by atoms with Crippen molar-refractivity contribution in [2.75, 3.05) is 6.61 Å². The zero-order valence-corrected chi connectivity index (χ0v) is 51.7. The Kier molecular flexibility index (Phi) is 65.7. The minimum Gasteiger partial charge on any atom is -0.394 e. The summed E-state index contributed by atoms with van der Waals surface area (Å²) < 4.78 is 0. The van der Waals surface area contributed by atoms with Crippen LogP contribution in [0.1, 0.15) is 354 Å². The Balaban J connectivity index is 3.46. The number of carbonyl (C=O) groups excluding carboxylic acids is 1. The van der Waals surface area contributed by atoms with Gasteiger partial charge in [0.2, 0.25) is 5.91 Å². The summed E-state index contributed by atoms with van der Waals surface area (Å²) >= 11 is 0. The maximum atomic E-state index is 12.5. The Morgan fingerprint density at radius 3 is 0.857 bits per heavy atom. The molecule has 0 aromatic rings. The van der Waals surface area contributed by atoms with Gasteiger partial charge in [-0.05, 0) is 70.6 Å². The smallest absolute Gasteiger partial charge is 0.220 e. The van der Waals surface area contributed by atoms with Gasteiger partial charge in [0.05, 0.1) is 18.8 Å². The third-order valence-corrected chi connectivity index (χ3v) is 15.6. The van der Waals surface area contributed by atoms with Crippen molar-refractivity contribution in [2.45, 2.75) is 366 Å². The quantitative estimate of drug-likeness (QED) is 0.0420. The molecule has 0 saturated heterocycles. The van der Waals surface area contributed by atoms with Gasteiger partial charge in [-0.2, -0.15) is 0 Å². The summed E-state index contributed by atoms with van der Waals surface area (Å²) in [6.07, 6.45) is 99.5. The molecule has 0 spiro atoms. The summed E-state index contributed by atoms with van der Waals surface area (Å²) in [5.74, 6) is -0.0599. The van der Waals surface area contributed by atoms with E-state index in [0.29, 0.717) is 6.42 Å². The van der Waals surface area contributed by atoms with Crippen molar-refractivity contribution in [1.29, 1.82) is 0 Å². The van der Waals surface area contributed by atoms with Gasteiger partial charge in [-0.1, -0.05) is 362 Å². The molecule has 0 aromatic heterocycles. The molecule has 0 radical (unpaired) electrons. The minimum absolute atomic E-state index is 0.0599. The number of hydrogen-bond donors (Lipinski definition) is 3. The minimum atomic E-state index is -0.843. The standard InChI is InChI=1S/C73H133NO3/c1-3-5-7-9-11-13-15-17-19-21-23-25-27-29-31-33-34-35-36-37-38-39-40-41-43-45-47-49-51-53-55-57-59-61-63-65-67-69-73(77)74-71(70-75)72(76)68-66-64-62-60-58-56-54-52-50-48-46-44-42-32-30-28-26-24-22-20-18-16-14-12-10-8-6-4-2/h5,7,11,13,17,19,23,25,29,31,34-35,66,68,71-72,75-76H,3-4,6,8-10,12,14-16,18,20-22,24,26-28,30,32-33,36-65,67,69-70H2,1-2H3,(H,74,77)/b7-5-,13-11-,19-17-,25-23-,31-29-,35-34-,68-66+. The third kappa shape index (κ3) is 64.3. The summed E-state index contributed by atoms with van der Waals surface area (Å²) in [4.78, 5) is 12.5. The van der Waals surface area contributed by atoms with Crippen molar-refractivity contribution >= 4 is 5.91 Å². The number of aliphatic hydroxyl groups is 2. The molecule has 4 heteroatoms. The van der Waals surface area contributed by atoms with Crippen LogP contribution < -0.4 is 5.32 Å². The molecule has 77 heavy (non-hydrogen) atoms. The SMILES string of the molecule is CC/C=C\C/C=C\C/C=C\C/C=C\C/C=C\C/C=C\CCCCCCCCCCCCCCCCCCCCC(=O)NC(CO)C(O)/C=C/CCCCCCCCCCCCCCCCCCCCCCCCCCCC. The van der Waals surface area contributed by atoms with Gasteiger partial charge < -0.3 is 15.5 Å². The molecular formula is C73H133NO3. The van der Waals surface area contributed by atoms with E-state index >= 15 is 0 Å². The van der Waals surface area contributed by atoms with E-state index in [1.165, 1.54) is 270 Å². The predicted octanol–water partition coefficient (Wildman–Crippen LogP) is 23.4. The van der Waals surface area contributed by atoms with Crippen molar-refractivity contribution < 1.29 is 15.0 Å². The van der Waals surface area contributed by atoms with Crippen LogP contribution in [0.3, 0.4) is 0 Å². The molecule has 2 unspecified atom stereocenters. The molecule has 0 saturated carbocycles. The van der Waals surface area contributed by atoms with Gasteiger partial charge in [-0.25, -0.2) is 0 Å². The number of nitrogens with one attached hydrogen (secondary N) is 1. The van der Waals surface area contributed by atoms with E-state index in [-0.39, 0.29) is 12.5 Å². The Bertz CT molecular complexity index is 1360. The van der Waals surface area contributed by atoms with E-state index in [4.69, 9.17) is 0 Å². The van der Waals surface area contributed by atoms with E-state index < -0.39 is 12.1 Å². The van der Waals surface area contributed by atoms with E-state index in [1.54, 1.807) is 6.08 Å². The topological polar surface area (TPSA) is 69.6 Å². The number of hydrogen-bond acceptors (Lipinski definition) is 3. The molecule has 0 aliphatic heterocycles. The molecule has 4 nitrogen and oxygen atoms in total. The highest BCUT2D eigenvalue weighted by Crippen LogP contribution is 2.18. The van der Waals surface area contributed by atoms with Crippen molar-refractivity contribution in [1.82, 2.24) is 5.32 Å². The molecule has 0 fully saturated rings. The Morgan fingerprint density at radius 2 is 0.571 bits per heavy atom. The lowest BCUT2D eigenvalue weighted by atomic mass is 10.0. The van der Waals surface area contributed by atoms with E-state index in [1.807, 2.05) is 6.08 Å². The number of allylic oxidation sites excluding steroid dienone is 13. The first kappa shape index (κ1) is 74.6. The van der Waals surface area contributed by atoms with Gasteiger partial charge in [0.1, 0.15) is 0 Å². The summed E-state index contributed by atoms with van der Waals surface area (Å²) in [6.45, 7) is 4.23. The summed E-state index contributed by atoms with van der Waals surface area (Å²) in [7, 11) is 0. The van der Waals surface area contributed by atoms with Gasteiger partial charge in [0, 0.05) is 6.42 Å². The van der Waals surface area contributed by atoms with Crippen LogP contribution in [0.5, 0.6) is 0 Å². The summed E-state index contributed by atoms with van der Waals surface area (Å²) in [6, 6.07) is -0.626. The molecule has 0 aliphatic rings. The molecule has 1 amide bonds. The Hall–Kier alpha value is -2.43. The van der Waals surface area contributed by atoms with Gasteiger partial charge in [0.15, 0.2) is 0 Å². The van der Waals surface area contributed by atoms with Crippen molar-refractivity contribution in [3.05, 3.63) is 85.1 Å². The molecule has 0 heterocycles. The Labute approximate surface area is 481 Å². The highest BCUT2D eigenvalue weighted by atomic mass is 16.3. The first-order chi connectivity index (χ1) is 38.2. The molecule has 3 N–H and O–H groups in total. The van der Waals surface area contributed by atoms with Crippen LogP contribution in [0, 0.1) is 0 Å². The first-order valence-corrected chi connectivity index (χ1v) is 34.3. The maximum Gasteiger partial charge on any atom is 0.220 e. The number of unbranched alkanes of at least 4 members (excludes halogenated alkanes) is 44. The molecule has 0 aliphatic carbocycles. The normalized spacial score (nSPS) is 13.2. The molecule has 2 atom stereocenters. The van der Waals surface area contributed by atoms with Crippen molar-refractivity contribution in [2.24, 2.45) is 0 Å². The van der Waals surface area contributed by atoms with Crippen LogP contribution in [-0.4, -0.2) is 34.9 Å². The van der Waals surface area contributed by atoms with Crippen LogP contribution in [0.15, 0.2) is 85.1 Å². The van der Waals surface area contributed by atoms with Crippen LogP contribution in [-0.2, 0) is 4.79 Å². The molecule has 0 rings (SSSR count). The monoisotopic (exact) mass is 1070 g/mol. The fourth-order valence-corrected chi connectivity index (χ4v) is 10.5. The van der Waals surface area contributed by atoms with E-state index in [0.717, 1.165) is 64.2 Å². The summed E-state index contributed by atoms with van der Waals surface area (Å²) in [5, 5.41) is 23.3. The zero-order chi connectivity index (χ0) is 55.5. The zero-order valence-electron chi connectivity index (χ0n) is 51.7. The fraction of sp³-hybridized carbons (Fsp3) is 0.795. The second-order valence-corrected chi connectivity index (χ2v) is 23.2. The molecule has 0 bridgehead atoms. The first-order valence-electron chi connectivity index (χ1n) is 34.3. The average Bonchev–Trinajstić information content (AvgIpc) is 3.43. The highest BCUT2D eigenvalue weighted by molar-refractivity contribution is 5.76. The number of amides is 1. The molecular weight excluding hydrogens is 939 g/mol. The molecule has 0 aromatic carbocycles. The van der Waals surface area contributed by atoms with Gasteiger partial charge >= 0.3 is 0 Å². The van der Waals surface area contributed by atoms with Gasteiger partial charge in [-0.3, -0.25) is 4.79 Å². The van der Waals surface area contributed by atoms with Crippen LogP contribution in [0.2, 0.25) is 0 Å². The number of carbonyl (C=O) groups is 1. The van der Waals surface area contributed by atoms with Gasteiger partial charge in [0.25, 0.3) is 0 Å². The number of rotatable bonds is 63. The largest absolute Gasteiger partial charge is 0.394 e. The fourth-order valence-electron chi connectivity index (χ4n) is 10.5. The highest BCUT2D eigenvalue weighted by Gasteiger charge is 2.18. The second kappa shape index (κ2) is 67.8. The van der Waals surface area contributed by atoms with Crippen LogP contribution >= 0.6 is 0 Å². The van der Waals surface area contributed by atoms with Crippen LogP contribution in [0.25, 0.3) is 0 Å². The van der Waals surface area contributed by atoms with E-state index in [2.05, 4.69) is 92.1 Å². The van der Waals surface area contributed by atoms with Crippen LogP contribution in [0.4, 0.5) is 0 Å². The lowest BCUT2D eigenvalue weighted by Gasteiger charge is -2.20. The van der Waals surface area contributed by atoms with Gasteiger partial charge in [-0.15, -0.1) is 0 Å². The van der Waals surface area contributed by atoms with Crippen molar-refractivity contribution in [3.8, 4) is 0 Å². The Morgan fingerprint density at radius 1 is 0.325 bits per heavy atom. The number of aliphatic hydroxyl groups excluding tert-OH is 2. The lowest BCUT2D eigenvalue weighted by Crippen LogP contribution is -2.45. The second-order valence-electron chi connectivity index (χ2n) is 23.2. The predicted molar refractivity (Wildman–Crippen MR) is 345 cm³/mol. The third-order valence-electron chi connectivity index (χ3n) is 15.6. The average molecular weight is 1070 g/mol. The summed E-state index contributed by atoms with van der Waals surface area (Å²) in [5.41, 5.74) is 0. The van der Waals surface area contributed by atoms with Crippen molar-refractivity contribution in [3.63, 3.8) is 0 Å². The van der Waals surface area contributed by atoms with E-state index in [9.17, 15) is 15.0 Å².